The summed E-state index contributed by atoms with van der Waals surface area (Å²) in [6, 6.07) is 3.75. The van der Waals surface area contributed by atoms with E-state index < -0.39 is 0 Å². The van der Waals surface area contributed by atoms with Gasteiger partial charge in [-0.05, 0) is 30.4 Å². The van der Waals surface area contributed by atoms with Crippen LogP contribution in [0.1, 0.15) is 25.8 Å². The van der Waals surface area contributed by atoms with Crippen molar-refractivity contribution in [3.63, 3.8) is 0 Å². The summed E-state index contributed by atoms with van der Waals surface area (Å²) in [4.78, 5) is 1.03. The van der Waals surface area contributed by atoms with Crippen LogP contribution in [0.15, 0.2) is 17.0 Å². The Hall–Kier alpha value is 0.274. The predicted octanol–water partition coefficient (Wildman–Crippen LogP) is 3.62. The summed E-state index contributed by atoms with van der Waals surface area (Å²) in [7, 11) is 0. The molecule has 0 aliphatic heterocycles. The van der Waals surface area contributed by atoms with Crippen molar-refractivity contribution in [2.45, 2.75) is 31.6 Å². The molecule has 0 radical (unpaired) electrons. The Morgan fingerprint density at radius 3 is 2.56 bits per heavy atom. The van der Waals surface area contributed by atoms with E-state index in [4.69, 9.17) is 4.74 Å². The van der Waals surface area contributed by atoms with Crippen molar-refractivity contribution in [1.82, 2.24) is 0 Å². The van der Waals surface area contributed by atoms with Gasteiger partial charge in [-0.1, -0.05) is 13.3 Å². The van der Waals surface area contributed by atoms with Crippen LogP contribution in [0.3, 0.4) is 0 Å². The average Bonchev–Trinajstić information content (AvgIpc) is 2.25. The molecular weight excluding hydrogens is 297 g/mol. The molecule has 1 aromatic carbocycles. The Balaban J connectivity index is 0.00000225. The molecular formula is C12H17O2SY+2. The zero-order valence-corrected chi connectivity index (χ0v) is 13.5. The molecule has 0 amide bonds. The summed E-state index contributed by atoms with van der Waals surface area (Å²) in [6.45, 7) is 4.56. The van der Waals surface area contributed by atoms with Gasteiger partial charge in [0.2, 0.25) is 0 Å². The van der Waals surface area contributed by atoms with E-state index in [0.29, 0.717) is 12.4 Å². The van der Waals surface area contributed by atoms with E-state index in [2.05, 4.69) is 13.2 Å². The molecule has 0 fully saturated rings. The molecule has 0 heterocycles. The van der Waals surface area contributed by atoms with Crippen molar-refractivity contribution in [3.05, 3.63) is 24.0 Å². The second-order valence-electron chi connectivity index (χ2n) is 3.22. The molecule has 4 heteroatoms. The minimum absolute atomic E-state index is 0. The van der Waals surface area contributed by atoms with Crippen LogP contribution in [0.4, 0.5) is 0 Å². The third-order valence-corrected chi connectivity index (χ3v) is 2.85. The fourth-order valence-corrected chi connectivity index (χ4v) is 2.03. The van der Waals surface area contributed by atoms with Gasteiger partial charge in [-0.3, -0.25) is 6.26 Å². The number of hydrogen-bond acceptors (Lipinski definition) is 3. The first-order valence-electron chi connectivity index (χ1n) is 5.14. The first-order valence-corrected chi connectivity index (χ1v) is 6.12. The molecule has 0 saturated heterocycles. The molecule has 1 aromatic rings. The number of phenolic OH excluding ortho intramolecular Hbond substituents is 1. The van der Waals surface area contributed by atoms with E-state index in [0.717, 1.165) is 23.3 Å². The van der Waals surface area contributed by atoms with Gasteiger partial charge < -0.3 is 21.6 Å². The Bertz CT molecular complexity index is 329. The van der Waals surface area contributed by atoms with E-state index in [1.165, 1.54) is 11.8 Å². The van der Waals surface area contributed by atoms with Crippen LogP contribution >= 0.6 is 11.8 Å². The van der Waals surface area contributed by atoms with Gasteiger partial charge in [-0.25, -0.2) is 0 Å². The monoisotopic (exact) mass is 314 g/mol. The molecule has 0 spiro atoms. The van der Waals surface area contributed by atoms with Gasteiger partial charge in [0.15, 0.2) is 11.5 Å². The topological polar surface area (TPSA) is 29.5 Å². The largest absolute Gasteiger partial charge is 3.00 e. The van der Waals surface area contributed by atoms with Crippen molar-refractivity contribution in [3.8, 4) is 11.5 Å². The summed E-state index contributed by atoms with van der Waals surface area (Å²) in [5.74, 6) is 0.839. The molecule has 0 unspecified atom stereocenters. The molecule has 0 saturated carbocycles. The number of aromatic hydroxyl groups is 1. The normalized spacial score (nSPS) is 9.69. The number of benzene rings is 1. The van der Waals surface area contributed by atoms with Crippen LogP contribution in [-0.2, 0) is 39.1 Å². The van der Waals surface area contributed by atoms with Crippen LogP contribution in [0.25, 0.3) is 0 Å². The minimum Gasteiger partial charge on any atom is -0.504 e. The fourth-order valence-electron chi connectivity index (χ4n) is 1.50. The average molecular weight is 314 g/mol. The quantitative estimate of drug-likeness (QED) is 0.665. The fraction of sp³-hybridized carbons (Fsp3) is 0.417. The van der Waals surface area contributed by atoms with E-state index in [-0.39, 0.29) is 38.5 Å². The van der Waals surface area contributed by atoms with Crippen molar-refractivity contribution in [1.29, 1.82) is 0 Å². The van der Waals surface area contributed by atoms with Gasteiger partial charge in [0, 0.05) is 5.56 Å². The maximum absolute atomic E-state index is 10.00. The van der Waals surface area contributed by atoms with Crippen molar-refractivity contribution in [2.24, 2.45) is 0 Å². The van der Waals surface area contributed by atoms with Crippen molar-refractivity contribution < 1.29 is 42.6 Å². The number of rotatable bonds is 5. The standard InChI is InChI=1S/C12H17O2S.Y/c1-4-6-9-11(15-3)8-7-10(12(9)13)14-5-2;/h7-8,13H,3-6H2,1-2H3;/q-1;+3. The van der Waals surface area contributed by atoms with Crippen LogP contribution in [0.2, 0.25) is 0 Å². The summed E-state index contributed by atoms with van der Waals surface area (Å²) in [5.41, 5.74) is 0.948. The molecule has 0 aromatic heterocycles. The summed E-state index contributed by atoms with van der Waals surface area (Å²) < 4.78 is 5.34. The van der Waals surface area contributed by atoms with E-state index >= 15 is 0 Å². The Morgan fingerprint density at radius 1 is 1.38 bits per heavy atom. The molecule has 16 heavy (non-hydrogen) atoms. The van der Waals surface area contributed by atoms with Crippen molar-refractivity contribution >= 4 is 11.8 Å². The molecule has 1 N–H and O–H groups in total. The molecule has 84 valence electrons. The Labute approximate surface area is 127 Å². The third-order valence-electron chi connectivity index (χ3n) is 2.16. The van der Waals surface area contributed by atoms with Gasteiger partial charge in [0.25, 0.3) is 0 Å². The van der Waals surface area contributed by atoms with Gasteiger partial charge >= 0.3 is 32.7 Å². The molecule has 1 rings (SSSR count). The molecule has 0 aliphatic rings. The van der Waals surface area contributed by atoms with Crippen LogP contribution < -0.4 is 4.74 Å². The van der Waals surface area contributed by atoms with Crippen LogP contribution in [0.5, 0.6) is 11.5 Å². The maximum atomic E-state index is 10.00. The van der Waals surface area contributed by atoms with E-state index in [1.807, 2.05) is 13.0 Å². The summed E-state index contributed by atoms with van der Waals surface area (Å²) >= 11 is 1.41. The number of ether oxygens (including phenoxy) is 1. The van der Waals surface area contributed by atoms with E-state index in [1.54, 1.807) is 6.07 Å². The molecule has 2 nitrogen and oxygen atoms in total. The van der Waals surface area contributed by atoms with Gasteiger partial charge in [-0.15, -0.1) is 0 Å². The van der Waals surface area contributed by atoms with E-state index in [9.17, 15) is 5.11 Å². The maximum Gasteiger partial charge on any atom is 3.00 e. The molecule has 0 aliphatic carbocycles. The zero-order valence-electron chi connectivity index (χ0n) is 9.82. The zero-order chi connectivity index (χ0) is 11.3. The Kier molecular flexibility index (Phi) is 8.52. The molecule has 0 atom stereocenters. The SMILES string of the molecule is [CH2-]Sc1ccc(OCC)c(O)c1CCC.[Y+3]. The second-order valence-corrected chi connectivity index (χ2v) is 3.94. The summed E-state index contributed by atoms with van der Waals surface area (Å²) in [5, 5.41) is 10.00. The first kappa shape index (κ1) is 16.3. The molecule has 0 bridgehead atoms. The number of thioether (sulfide) groups is 1. The van der Waals surface area contributed by atoms with Gasteiger partial charge in [0.1, 0.15) is 0 Å². The second kappa shape index (κ2) is 8.38. The predicted molar refractivity (Wildman–Crippen MR) is 64.5 cm³/mol. The minimum atomic E-state index is 0. The number of phenols is 1. The number of hydrogen-bond donors (Lipinski definition) is 1. The van der Waals surface area contributed by atoms with Crippen molar-refractivity contribution in [2.75, 3.05) is 6.61 Å². The van der Waals surface area contributed by atoms with Gasteiger partial charge in [0.05, 0.1) is 6.61 Å². The van der Waals surface area contributed by atoms with Gasteiger partial charge in [-0.2, -0.15) is 0 Å². The summed E-state index contributed by atoms with van der Waals surface area (Å²) in [6.07, 6.45) is 5.63. The van der Waals surface area contributed by atoms with Crippen LogP contribution in [-0.4, -0.2) is 11.7 Å². The smallest absolute Gasteiger partial charge is 0.504 e. The first-order chi connectivity index (χ1) is 7.24. The Morgan fingerprint density at radius 2 is 2.06 bits per heavy atom. The third kappa shape index (κ3) is 3.94. The van der Waals surface area contributed by atoms with Crippen LogP contribution in [0, 0.1) is 6.26 Å².